The van der Waals surface area contributed by atoms with Gasteiger partial charge in [0.1, 0.15) is 12.4 Å². The number of fused-ring (bicyclic) bond motifs is 1. The molecule has 1 aliphatic heterocycles. The van der Waals surface area contributed by atoms with Gasteiger partial charge < -0.3 is 15.5 Å². The third kappa shape index (κ3) is 3.76. The minimum absolute atomic E-state index is 0.113. The number of urea groups is 1. The van der Waals surface area contributed by atoms with Gasteiger partial charge in [-0.25, -0.2) is 9.18 Å². The van der Waals surface area contributed by atoms with Gasteiger partial charge in [0.05, 0.1) is 18.3 Å². The lowest BCUT2D eigenvalue weighted by Gasteiger charge is -2.29. The third-order valence-corrected chi connectivity index (χ3v) is 4.13. The summed E-state index contributed by atoms with van der Waals surface area (Å²) in [6.07, 6.45) is 1.68. The van der Waals surface area contributed by atoms with E-state index in [1.54, 1.807) is 6.20 Å². The summed E-state index contributed by atoms with van der Waals surface area (Å²) >= 11 is 0. The molecule has 6 nitrogen and oxygen atoms in total. The molecule has 0 fully saturated rings. The van der Waals surface area contributed by atoms with Gasteiger partial charge in [-0.05, 0) is 49.2 Å². The number of halogens is 1. The molecule has 3 amide bonds. The van der Waals surface area contributed by atoms with E-state index in [1.807, 2.05) is 26.0 Å². The van der Waals surface area contributed by atoms with Crippen LogP contribution in [-0.2, 0) is 11.3 Å². The van der Waals surface area contributed by atoms with Gasteiger partial charge >= 0.3 is 6.03 Å². The number of rotatable bonds is 4. The Morgan fingerprint density at radius 3 is 3.00 bits per heavy atom. The van der Waals surface area contributed by atoms with E-state index in [9.17, 15) is 14.0 Å². The molecule has 0 spiro atoms. The van der Waals surface area contributed by atoms with Crippen LogP contribution in [0.15, 0.2) is 36.5 Å². The number of nitrogens with zero attached hydrogens (tertiary/aromatic N) is 2. The van der Waals surface area contributed by atoms with Crippen LogP contribution in [0.5, 0.6) is 0 Å². The van der Waals surface area contributed by atoms with Crippen LogP contribution in [0.2, 0.25) is 0 Å². The molecule has 2 N–H and O–H groups in total. The number of carbonyl (C=O) groups excluding carboxylic acids is 2. The van der Waals surface area contributed by atoms with Gasteiger partial charge in [-0.15, -0.1) is 0 Å². The van der Waals surface area contributed by atoms with E-state index in [0.717, 1.165) is 11.3 Å². The van der Waals surface area contributed by atoms with Gasteiger partial charge in [0.15, 0.2) is 0 Å². The monoisotopic (exact) mass is 342 g/mol. The Balaban J connectivity index is 1.65. The third-order valence-electron chi connectivity index (χ3n) is 4.13. The van der Waals surface area contributed by atoms with E-state index < -0.39 is 0 Å². The van der Waals surface area contributed by atoms with Crippen LogP contribution in [0.3, 0.4) is 0 Å². The lowest BCUT2D eigenvalue weighted by Crippen LogP contribution is -2.45. The highest BCUT2D eigenvalue weighted by atomic mass is 19.1. The van der Waals surface area contributed by atoms with E-state index in [2.05, 4.69) is 15.6 Å². The van der Waals surface area contributed by atoms with Crippen molar-refractivity contribution in [3.63, 3.8) is 0 Å². The number of benzene rings is 1. The van der Waals surface area contributed by atoms with E-state index in [-0.39, 0.29) is 36.9 Å². The van der Waals surface area contributed by atoms with Crippen LogP contribution in [-0.4, -0.2) is 28.4 Å². The number of pyridine rings is 1. The number of aromatic nitrogens is 1. The second-order valence-corrected chi connectivity index (χ2v) is 6.08. The summed E-state index contributed by atoms with van der Waals surface area (Å²) in [6, 6.07) is 7.28. The van der Waals surface area contributed by atoms with Crippen LogP contribution in [0.25, 0.3) is 0 Å². The van der Waals surface area contributed by atoms with Crippen molar-refractivity contribution < 1.29 is 14.0 Å². The lowest BCUT2D eigenvalue weighted by molar-refractivity contribution is -0.122. The fraction of sp³-hybridized carbons (Fsp3) is 0.278. The second-order valence-electron chi connectivity index (χ2n) is 6.08. The molecule has 0 radical (unpaired) electrons. The van der Waals surface area contributed by atoms with Crippen molar-refractivity contribution in [2.45, 2.75) is 26.4 Å². The molecule has 130 valence electrons. The minimum Gasteiger partial charge on any atom is -0.346 e. The van der Waals surface area contributed by atoms with Crippen LogP contribution >= 0.6 is 0 Å². The summed E-state index contributed by atoms with van der Waals surface area (Å²) in [6.45, 7) is 3.84. The predicted octanol–water partition coefficient (Wildman–Crippen LogP) is 2.75. The van der Waals surface area contributed by atoms with Crippen LogP contribution < -0.4 is 10.6 Å². The van der Waals surface area contributed by atoms with Gasteiger partial charge in [0.25, 0.3) is 0 Å². The summed E-state index contributed by atoms with van der Waals surface area (Å²) < 4.78 is 13.4. The maximum Gasteiger partial charge on any atom is 0.322 e. The van der Waals surface area contributed by atoms with Crippen LogP contribution in [0, 0.1) is 12.7 Å². The van der Waals surface area contributed by atoms with Gasteiger partial charge in [-0.2, -0.15) is 0 Å². The van der Waals surface area contributed by atoms with Crippen molar-refractivity contribution in [3.05, 3.63) is 59.2 Å². The molecule has 0 bridgehead atoms. The maximum atomic E-state index is 13.4. The van der Waals surface area contributed by atoms with Gasteiger partial charge in [0, 0.05) is 11.9 Å². The molecule has 2 aromatic rings. The zero-order valence-electron chi connectivity index (χ0n) is 14.0. The Labute approximate surface area is 145 Å². The number of amides is 3. The van der Waals surface area contributed by atoms with Crippen LogP contribution in [0.4, 0.5) is 14.9 Å². The molecule has 0 saturated carbocycles. The molecule has 2 heterocycles. The number of anilines is 1. The summed E-state index contributed by atoms with van der Waals surface area (Å²) in [7, 11) is 0. The highest BCUT2D eigenvalue weighted by molar-refractivity contribution is 5.94. The topological polar surface area (TPSA) is 74.3 Å². The molecule has 0 aliphatic carbocycles. The molecule has 3 rings (SSSR count). The smallest absolute Gasteiger partial charge is 0.322 e. The average Bonchev–Trinajstić information content (AvgIpc) is 2.56. The molecule has 0 saturated heterocycles. The first-order valence-corrected chi connectivity index (χ1v) is 7.99. The van der Waals surface area contributed by atoms with Gasteiger partial charge in [-0.1, -0.05) is 6.07 Å². The Morgan fingerprint density at radius 2 is 2.24 bits per heavy atom. The highest BCUT2D eigenvalue weighted by Crippen LogP contribution is 2.24. The molecule has 1 atom stereocenters. The zero-order chi connectivity index (χ0) is 18.0. The first-order chi connectivity index (χ1) is 11.9. The quantitative estimate of drug-likeness (QED) is 0.897. The maximum absolute atomic E-state index is 13.4. The summed E-state index contributed by atoms with van der Waals surface area (Å²) in [4.78, 5) is 30.0. The summed E-state index contributed by atoms with van der Waals surface area (Å²) in [5.74, 6) is -0.675. The van der Waals surface area contributed by atoms with Crippen molar-refractivity contribution in [1.82, 2.24) is 15.2 Å². The highest BCUT2D eigenvalue weighted by Gasteiger charge is 2.25. The van der Waals surface area contributed by atoms with Crippen molar-refractivity contribution in [3.8, 4) is 0 Å². The minimum atomic E-state index is -0.379. The Hall–Kier alpha value is -2.96. The Kier molecular flexibility index (Phi) is 4.65. The largest absolute Gasteiger partial charge is 0.346 e. The van der Waals surface area contributed by atoms with Gasteiger partial charge in [0.2, 0.25) is 5.91 Å². The number of hydrogen-bond donors (Lipinski definition) is 2. The van der Waals surface area contributed by atoms with E-state index in [4.69, 9.17) is 0 Å². The average molecular weight is 342 g/mol. The summed E-state index contributed by atoms with van der Waals surface area (Å²) in [5, 5.41) is 5.51. The number of aryl methyl sites for hydroxylation is 1. The lowest BCUT2D eigenvalue weighted by atomic mass is 10.1. The molecule has 1 aliphatic rings. The number of hydrogen-bond acceptors (Lipinski definition) is 3. The molecule has 0 unspecified atom stereocenters. The first kappa shape index (κ1) is 16.9. The molecule has 7 heteroatoms. The predicted molar refractivity (Wildman–Crippen MR) is 91.4 cm³/mol. The van der Waals surface area contributed by atoms with Crippen molar-refractivity contribution in [2.24, 2.45) is 0 Å². The Bertz CT molecular complexity index is 824. The fourth-order valence-corrected chi connectivity index (χ4v) is 2.89. The number of nitrogens with one attached hydrogen (secondary N) is 2. The van der Waals surface area contributed by atoms with Crippen molar-refractivity contribution in [1.29, 1.82) is 0 Å². The standard InChI is InChI=1S/C18H19FN4O2/c1-11-4-3-7-20-17(11)12(2)21-16(24)10-23-9-13-8-14(19)5-6-15(13)22-18(23)25/h3-8,12H,9-10H2,1-2H3,(H,21,24)(H,22,25)/t12-/m1/s1. The fourth-order valence-electron chi connectivity index (χ4n) is 2.89. The van der Waals surface area contributed by atoms with Gasteiger partial charge in [-0.3, -0.25) is 9.78 Å². The molecule has 1 aromatic carbocycles. The van der Waals surface area contributed by atoms with Crippen molar-refractivity contribution in [2.75, 3.05) is 11.9 Å². The molecular formula is C18H19FN4O2. The SMILES string of the molecule is Cc1cccnc1[C@@H](C)NC(=O)CN1Cc2cc(F)ccc2NC1=O. The van der Waals surface area contributed by atoms with Crippen LogP contribution in [0.1, 0.15) is 29.8 Å². The van der Waals surface area contributed by atoms with E-state index in [1.165, 1.54) is 23.1 Å². The summed E-state index contributed by atoms with van der Waals surface area (Å²) in [5.41, 5.74) is 2.98. The molecular weight excluding hydrogens is 323 g/mol. The zero-order valence-corrected chi connectivity index (χ0v) is 14.0. The van der Waals surface area contributed by atoms with Crippen molar-refractivity contribution >= 4 is 17.6 Å². The molecule has 1 aromatic heterocycles. The Morgan fingerprint density at radius 1 is 1.44 bits per heavy atom. The normalized spacial score (nSPS) is 14.5. The second kappa shape index (κ2) is 6.88. The first-order valence-electron chi connectivity index (χ1n) is 7.99. The van der Waals surface area contributed by atoms with E-state index in [0.29, 0.717) is 11.3 Å². The van der Waals surface area contributed by atoms with E-state index >= 15 is 0 Å². The molecule has 25 heavy (non-hydrogen) atoms. The number of carbonyl (C=O) groups is 2.